The smallest absolute Gasteiger partial charge is 0.145 e. The molecule has 0 aliphatic carbocycles. The average Bonchev–Trinajstić information content (AvgIpc) is 3.14. The number of hydrogen-bond acceptors (Lipinski definition) is 1. The zero-order chi connectivity index (χ0) is 20.5. The predicted molar refractivity (Wildman–Crippen MR) is 126 cm³/mol. The van der Waals surface area contributed by atoms with Crippen molar-refractivity contribution in [2.75, 3.05) is 0 Å². The van der Waals surface area contributed by atoms with E-state index < -0.39 is 0 Å². The van der Waals surface area contributed by atoms with Crippen LogP contribution in [-0.4, -0.2) is 9.38 Å². The Morgan fingerprint density at radius 3 is 2.10 bits per heavy atom. The van der Waals surface area contributed by atoms with Gasteiger partial charge in [0.05, 0.1) is 17.4 Å². The Bertz CT molecular complexity index is 1300. The van der Waals surface area contributed by atoms with Crippen LogP contribution in [-0.2, 0) is 0 Å². The van der Waals surface area contributed by atoms with Crippen molar-refractivity contribution < 1.29 is 0 Å². The van der Waals surface area contributed by atoms with Gasteiger partial charge in [-0.05, 0) is 49.4 Å². The predicted octanol–water partition coefficient (Wildman–Crippen LogP) is 7.65. The Labute approximate surface area is 172 Å². The molecule has 0 aliphatic rings. The highest BCUT2D eigenvalue weighted by molar-refractivity contribution is 6.12. The van der Waals surface area contributed by atoms with E-state index in [4.69, 9.17) is 4.98 Å². The number of fused-ring (bicyclic) bond motifs is 6. The van der Waals surface area contributed by atoms with Crippen LogP contribution in [0.3, 0.4) is 0 Å². The van der Waals surface area contributed by atoms with Gasteiger partial charge in [-0.15, -0.1) is 0 Å². The maximum atomic E-state index is 4.84. The summed E-state index contributed by atoms with van der Waals surface area (Å²) in [5.41, 5.74) is 8.50. The van der Waals surface area contributed by atoms with Crippen molar-refractivity contribution >= 4 is 27.3 Å². The number of hydrogen-bond donors (Lipinski definition) is 0. The molecule has 0 atom stereocenters. The molecule has 5 aromatic rings. The van der Waals surface area contributed by atoms with E-state index in [2.05, 4.69) is 99.7 Å². The fourth-order valence-electron chi connectivity index (χ4n) is 4.15. The lowest BCUT2D eigenvalue weighted by Gasteiger charge is -2.14. The van der Waals surface area contributed by atoms with E-state index in [1.165, 1.54) is 50.4 Å². The van der Waals surface area contributed by atoms with Gasteiger partial charge in [0.1, 0.15) is 5.65 Å². The minimum atomic E-state index is 1.02. The minimum Gasteiger partial charge on any atom is -0.292 e. The van der Waals surface area contributed by atoms with E-state index in [0.717, 1.165) is 11.3 Å². The highest BCUT2D eigenvalue weighted by Crippen LogP contribution is 2.35. The number of nitrogens with zero attached hydrogens (tertiary/aromatic N) is 2. The molecule has 0 radical (unpaired) electrons. The second kappa shape index (κ2) is 7.71. The number of imidazole rings is 1. The molecule has 0 saturated carbocycles. The standard InChI is InChI=1S/C24H20N2.C3H8/c1-15-11-12-21-20(13-15)18-9-4-5-10-19(18)24-25-14-22(26(21)24)23-16(2)7-6-8-17(23)3;1-3-2/h4-14H,1-3H3;3H2,1-2H3. The van der Waals surface area contributed by atoms with Crippen LogP contribution in [0, 0.1) is 20.8 Å². The molecular formula is C27H28N2. The molecule has 2 aromatic heterocycles. The van der Waals surface area contributed by atoms with Crippen LogP contribution in [0.15, 0.2) is 66.9 Å². The maximum absolute atomic E-state index is 4.84. The molecule has 0 fully saturated rings. The summed E-state index contributed by atoms with van der Waals surface area (Å²) in [6.07, 6.45) is 3.27. The summed E-state index contributed by atoms with van der Waals surface area (Å²) < 4.78 is 2.33. The lowest BCUT2D eigenvalue weighted by molar-refractivity contribution is 1.09. The SMILES string of the molecule is CCC.Cc1ccc2c(c1)c1ccccc1c1ncc(-c3c(C)cccc3C)n21. The highest BCUT2D eigenvalue weighted by Gasteiger charge is 2.16. The van der Waals surface area contributed by atoms with Crippen LogP contribution in [0.4, 0.5) is 0 Å². The van der Waals surface area contributed by atoms with E-state index in [1.807, 2.05) is 6.20 Å². The molecule has 2 heteroatoms. The van der Waals surface area contributed by atoms with Gasteiger partial charge >= 0.3 is 0 Å². The van der Waals surface area contributed by atoms with E-state index >= 15 is 0 Å². The van der Waals surface area contributed by atoms with E-state index in [-0.39, 0.29) is 0 Å². The molecule has 0 amide bonds. The molecule has 0 unspecified atom stereocenters. The molecule has 5 rings (SSSR count). The van der Waals surface area contributed by atoms with Crippen molar-refractivity contribution in [2.24, 2.45) is 0 Å². The number of aromatic nitrogens is 2. The zero-order valence-electron chi connectivity index (χ0n) is 18.0. The molecule has 0 bridgehead atoms. The van der Waals surface area contributed by atoms with Crippen molar-refractivity contribution in [3.05, 3.63) is 83.6 Å². The van der Waals surface area contributed by atoms with Crippen molar-refractivity contribution in [2.45, 2.75) is 41.0 Å². The highest BCUT2D eigenvalue weighted by atomic mass is 15.0. The Morgan fingerprint density at radius 1 is 0.759 bits per heavy atom. The van der Waals surface area contributed by atoms with Gasteiger partial charge in [-0.2, -0.15) is 0 Å². The van der Waals surface area contributed by atoms with Crippen LogP contribution in [0.25, 0.3) is 38.6 Å². The first-order valence-corrected chi connectivity index (χ1v) is 10.4. The van der Waals surface area contributed by atoms with Crippen LogP contribution in [0.5, 0.6) is 0 Å². The van der Waals surface area contributed by atoms with Crippen LogP contribution in [0.2, 0.25) is 0 Å². The summed E-state index contributed by atoms with van der Waals surface area (Å²) in [5.74, 6) is 0. The Balaban J connectivity index is 0.000000645. The monoisotopic (exact) mass is 380 g/mol. The molecule has 0 aliphatic heterocycles. The van der Waals surface area contributed by atoms with Crippen molar-refractivity contribution in [1.82, 2.24) is 9.38 Å². The summed E-state index contributed by atoms with van der Waals surface area (Å²) in [6.45, 7) is 10.8. The second-order valence-corrected chi connectivity index (χ2v) is 7.84. The van der Waals surface area contributed by atoms with E-state index in [0.29, 0.717) is 0 Å². The van der Waals surface area contributed by atoms with Crippen molar-refractivity contribution in [3.8, 4) is 11.3 Å². The van der Waals surface area contributed by atoms with Gasteiger partial charge in [0.2, 0.25) is 0 Å². The topological polar surface area (TPSA) is 17.3 Å². The third-order valence-corrected chi connectivity index (χ3v) is 5.35. The fraction of sp³-hybridized carbons (Fsp3) is 0.222. The summed E-state index contributed by atoms with van der Waals surface area (Å²) in [6, 6.07) is 21.7. The van der Waals surface area contributed by atoms with Gasteiger partial charge in [0.15, 0.2) is 0 Å². The van der Waals surface area contributed by atoms with Gasteiger partial charge in [0.25, 0.3) is 0 Å². The number of aryl methyl sites for hydroxylation is 3. The van der Waals surface area contributed by atoms with Gasteiger partial charge < -0.3 is 0 Å². The number of rotatable bonds is 1. The Kier molecular flexibility index (Phi) is 5.10. The van der Waals surface area contributed by atoms with Crippen molar-refractivity contribution in [3.63, 3.8) is 0 Å². The number of benzene rings is 3. The first-order valence-electron chi connectivity index (χ1n) is 10.4. The van der Waals surface area contributed by atoms with Crippen LogP contribution >= 0.6 is 0 Å². The molecule has 0 saturated heterocycles. The summed E-state index contributed by atoms with van der Waals surface area (Å²) in [5, 5.41) is 3.74. The van der Waals surface area contributed by atoms with E-state index in [1.54, 1.807) is 0 Å². The quantitative estimate of drug-likeness (QED) is 0.273. The maximum Gasteiger partial charge on any atom is 0.145 e. The summed E-state index contributed by atoms with van der Waals surface area (Å²) in [7, 11) is 0. The van der Waals surface area contributed by atoms with Crippen LogP contribution in [0.1, 0.15) is 37.0 Å². The number of pyridine rings is 1. The molecule has 29 heavy (non-hydrogen) atoms. The summed E-state index contributed by atoms with van der Waals surface area (Å²) >= 11 is 0. The third-order valence-electron chi connectivity index (χ3n) is 5.35. The minimum absolute atomic E-state index is 1.02. The normalized spacial score (nSPS) is 11.1. The molecule has 2 heterocycles. The lowest BCUT2D eigenvalue weighted by atomic mass is 9.99. The second-order valence-electron chi connectivity index (χ2n) is 7.84. The van der Waals surface area contributed by atoms with Crippen LogP contribution < -0.4 is 0 Å². The molecule has 2 nitrogen and oxygen atoms in total. The average molecular weight is 381 g/mol. The molecule has 3 aromatic carbocycles. The van der Waals surface area contributed by atoms with Gasteiger partial charge in [0, 0.05) is 16.3 Å². The summed E-state index contributed by atoms with van der Waals surface area (Å²) in [4.78, 5) is 4.84. The molecule has 0 spiro atoms. The molecule has 0 N–H and O–H groups in total. The Morgan fingerprint density at radius 2 is 1.41 bits per heavy atom. The van der Waals surface area contributed by atoms with Gasteiger partial charge in [-0.3, -0.25) is 4.40 Å². The third kappa shape index (κ3) is 3.19. The fourth-order valence-corrected chi connectivity index (χ4v) is 4.15. The largest absolute Gasteiger partial charge is 0.292 e. The first-order chi connectivity index (χ1) is 14.1. The van der Waals surface area contributed by atoms with Gasteiger partial charge in [-0.1, -0.05) is 74.4 Å². The Hall–Kier alpha value is -3.13. The first kappa shape index (κ1) is 19.2. The van der Waals surface area contributed by atoms with Crippen molar-refractivity contribution in [1.29, 1.82) is 0 Å². The van der Waals surface area contributed by atoms with Gasteiger partial charge in [-0.25, -0.2) is 4.98 Å². The lowest BCUT2D eigenvalue weighted by Crippen LogP contribution is -1.96. The molecular weight excluding hydrogens is 352 g/mol. The van der Waals surface area contributed by atoms with E-state index in [9.17, 15) is 0 Å². The molecule has 146 valence electrons. The zero-order valence-corrected chi connectivity index (χ0v) is 18.0.